The van der Waals surface area contributed by atoms with Crippen molar-refractivity contribution >= 4 is 32.2 Å². The lowest BCUT2D eigenvalue weighted by Gasteiger charge is -2.11. The Kier molecular flexibility index (Phi) is 5.40. The topological polar surface area (TPSA) is 85.1 Å². The summed E-state index contributed by atoms with van der Waals surface area (Å²) in [6.45, 7) is 6.77. The van der Waals surface area contributed by atoms with Gasteiger partial charge in [-0.3, -0.25) is 0 Å². The van der Waals surface area contributed by atoms with Gasteiger partial charge in [0.05, 0.1) is 5.75 Å². The lowest BCUT2D eigenvalue weighted by molar-refractivity contribution is 0.589. The normalized spacial score (nSPS) is 13.5. The van der Waals surface area contributed by atoms with Crippen molar-refractivity contribution in [3.8, 4) is 0 Å². The Balaban J connectivity index is 2.95. The number of nitrogen functional groups attached to an aromatic ring is 1. The third-order valence-electron chi connectivity index (χ3n) is 2.77. The van der Waals surface area contributed by atoms with Crippen LogP contribution in [0.2, 0.25) is 0 Å². The van der Waals surface area contributed by atoms with E-state index in [1.807, 2.05) is 6.92 Å². The van der Waals surface area contributed by atoms with E-state index in [1.54, 1.807) is 0 Å². The molecule has 7 heteroatoms. The second-order valence-corrected chi connectivity index (χ2v) is 7.26. The molecule has 1 aromatic heterocycles. The molecule has 1 atom stereocenters. The smallest absolute Gasteiger partial charge is 0.185 e. The number of nitrogens with one attached hydrogen (secondary N) is 1. The summed E-state index contributed by atoms with van der Waals surface area (Å²) in [5.74, 6) is 0.698. The summed E-state index contributed by atoms with van der Waals surface area (Å²) in [7, 11) is -3.32. The van der Waals surface area contributed by atoms with Gasteiger partial charge in [-0.15, -0.1) is 0 Å². The van der Waals surface area contributed by atoms with E-state index in [2.05, 4.69) is 23.5 Å². The van der Waals surface area contributed by atoms with Crippen LogP contribution in [-0.2, 0) is 9.84 Å². The van der Waals surface area contributed by atoms with E-state index in [-0.39, 0.29) is 16.5 Å². The highest BCUT2D eigenvalue weighted by Crippen LogP contribution is 2.32. The quantitative estimate of drug-likeness (QED) is 0.805. The first-order chi connectivity index (χ1) is 8.42. The lowest BCUT2D eigenvalue weighted by atomic mass is 10.1. The van der Waals surface area contributed by atoms with Gasteiger partial charge in [0.15, 0.2) is 15.7 Å². The highest BCUT2D eigenvalue weighted by Gasteiger charge is 2.24. The van der Waals surface area contributed by atoms with Crippen molar-refractivity contribution in [2.75, 3.05) is 23.3 Å². The van der Waals surface area contributed by atoms with Crippen molar-refractivity contribution in [1.82, 2.24) is 4.37 Å². The Bertz CT molecular complexity index is 482. The maximum Gasteiger partial charge on any atom is 0.185 e. The predicted octanol–water partition coefficient (Wildman–Crippen LogP) is 2.37. The summed E-state index contributed by atoms with van der Waals surface area (Å²) < 4.78 is 28.1. The fourth-order valence-corrected chi connectivity index (χ4v) is 4.12. The molecule has 0 saturated heterocycles. The third-order valence-corrected chi connectivity index (χ3v) is 5.70. The number of nitrogens with zero attached hydrogens (tertiary/aromatic N) is 1. The zero-order chi connectivity index (χ0) is 13.8. The number of nitrogens with two attached hydrogens (primary N) is 1. The van der Waals surface area contributed by atoms with Gasteiger partial charge < -0.3 is 11.1 Å². The molecule has 0 radical (unpaired) electrons. The molecule has 0 fully saturated rings. The summed E-state index contributed by atoms with van der Waals surface area (Å²) in [4.78, 5) is 0.178. The van der Waals surface area contributed by atoms with Crippen molar-refractivity contribution in [2.24, 2.45) is 5.92 Å². The van der Waals surface area contributed by atoms with Gasteiger partial charge in [0.2, 0.25) is 0 Å². The molecule has 1 aromatic rings. The van der Waals surface area contributed by atoms with E-state index >= 15 is 0 Å². The van der Waals surface area contributed by atoms with Crippen LogP contribution in [0.1, 0.15) is 33.6 Å². The van der Waals surface area contributed by atoms with Gasteiger partial charge in [0.25, 0.3) is 0 Å². The summed E-state index contributed by atoms with van der Waals surface area (Å²) >= 11 is 1.12. The van der Waals surface area contributed by atoms with Crippen molar-refractivity contribution in [2.45, 2.75) is 38.5 Å². The number of aromatic nitrogens is 1. The number of hydrogen-bond acceptors (Lipinski definition) is 6. The fraction of sp³-hybridized carbons (Fsp3) is 0.727. The molecule has 0 saturated carbocycles. The van der Waals surface area contributed by atoms with E-state index in [0.29, 0.717) is 17.3 Å². The Morgan fingerprint density at radius 2 is 2.11 bits per heavy atom. The first-order valence-electron chi connectivity index (χ1n) is 6.14. The highest BCUT2D eigenvalue weighted by atomic mass is 32.2. The molecule has 0 aliphatic heterocycles. The number of sulfone groups is 1. The van der Waals surface area contributed by atoms with E-state index in [9.17, 15) is 8.42 Å². The molecule has 0 aliphatic carbocycles. The average Bonchev–Trinajstić information content (AvgIpc) is 2.68. The van der Waals surface area contributed by atoms with Gasteiger partial charge in [0.1, 0.15) is 9.90 Å². The van der Waals surface area contributed by atoms with Gasteiger partial charge >= 0.3 is 0 Å². The Morgan fingerprint density at radius 1 is 1.44 bits per heavy atom. The molecule has 0 bridgehead atoms. The van der Waals surface area contributed by atoms with Gasteiger partial charge in [-0.1, -0.05) is 27.2 Å². The molecule has 1 unspecified atom stereocenters. The fourth-order valence-electron chi connectivity index (χ4n) is 1.49. The zero-order valence-corrected chi connectivity index (χ0v) is 12.7. The van der Waals surface area contributed by atoms with Gasteiger partial charge in [-0.2, -0.15) is 4.37 Å². The molecule has 1 rings (SSSR count). The first-order valence-corrected chi connectivity index (χ1v) is 8.56. The van der Waals surface area contributed by atoms with Crippen molar-refractivity contribution in [3.63, 3.8) is 0 Å². The molecule has 5 nitrogen and oxygen atoms in total. The van der Waals surface area contributed by atoms with Crippen LogP contribution in [0.4, 0.5) is 10.8 Å². The minimum atomic E-state index is -3.32. The molecule has 1 heterocycles. The third kappa shape index (κ3) is 3.58. The average molecular weight is 291 g/mol. The van der Waals surface area contributed by atoms with E-state index in [4.69, 9.17) is 5.73 Å². The Hall–Kier alpha value is -0.820. The predicted molar refractivity (Wildman–Crippen MR) is 76.8 cm³/mol. The maximum atomic E-state index is 12.1. The molecular formula is C11H21N3O2S2. The summed E-state index contributed by atoms with van der Waals surface area (Å²) in [6.07, 6.45) is 1.61. The van der Waals surface area contributed by atoms with Gasteiger partial charge in [-0.05, 0) is 23.9 Å². The van der Waals surface area contributed by atoms with Crippen LogP contribution in [0, 0.1) is 5.92 Å². The Morgan fingerprint density at radius 3 is 2.67 bits per heavy atom. The lowest BCUT2D eigenvalue weighted by Crippen LogP contribution is -2.14. The second kappa shape index (κ2) is 6.38. The molecule has 0 spiro atoms. The molecule has 0 amide bonds. The molecule has 3 N–H and O–H groups in total. The second-order valence-electron chi connectivity index (χ2n) is 4.44. The van der Waals surface area contributed by atoms with Crippen molar-refractivity contribution < 1.29 is 8.42 Å². The zero-order valence-electron chi connectivity index (χ0n) is 11.1. The molecule has 104 valence electrons. The van der Waals surface area contributed by atoms with Crippen LogP contribution >= 0.6 is 11.5 Å². The first kappa shape index (κ1) is 15.2. The van der Waals surface area contributed by atoms with Crippen LogP contribution in [0.3, 0.4) is 0 Å². The van der Waals surface area contributed by atoms with Crippen LogP contribution in [0.25, 0.3) is 0 Å². The van der Waals surface area contributed by atoms with E-state index < -0.39 is 9.84 Å². The number of hydrogen-bond donors (Lipinski definition) is 2. The van der Waals surface area contributed by atoms with Crippen molar-refractivity contribution in [1.29, 1.82) is 0 Å². The van der Waals surface area contributed by atoms with Gasteiger partial charge in [0, 0.05) is 6.54 Å². The van der Waals surface area contributed by atoms with Crippen LogP contribution in [-0.4, -0.2) is 25.1 Å². The van der Waals surface area contributed by atoms with Crippen LogP contribution < -0.4 is 11.1 Å². The number of anilines is 2. The Labute approximate surface area is 113 Å². The monoisotopic (exact) mass is 291 g/mol. The van der Waals surface area contributed by atoms with E-state index in [1.165, 1.54) is 0 Å². The van der Waals surface area contributed by atoms with Crippen LogP contribution in [0.15, 0.2) is 4.90 Å². The summed E-state index contributed by atoms with van der Waals surface area (Å²) in [5, 5.41) is 3.72. The molecular weight excluding hydrogens is 270 g/mol. The SMILES string of the molecule is CCCS(=O)(=O)c1c(N)nsc1NCC(C)CC. The summed E-state index contributed by atoms with van der Waals surface area (Å²) in [5.41, 5.74) is 5.68. The maximum absolute atomic E-state index is 12.1. The standard InChI is InChI=1S/C11H21N3O2S2/c1-4-6-18(15,16)9-10(12)14-17-11(9)13-7-8(3)5-2/h8,13H,4-7H2,1-3H3,(H2,12,14). The minimum Gasteiger partial charge on any atom is -0.382 e. The van der Waals surface area contributed by atoms with Crippen molar-refractivity contribution in [3.05, 3.63) is 0 Å². The molecule has 18 heavy (non-hydrogen) atoms. The summed E-state index contributed by atoms with van der Waals surface area (Å²) in [6, 6.07) is 0. The van der Waals surface area contributed by atoms with E-state index in [0.717, 1.165) is 24.5 Å². The largest absolute Gasteiger partial charge is 0.382 e. The number of rotatable bonds is 7. The molecule has 0 aliphatic rings. The minimum absolute atomic E-state index is 0.105. The van der Waals surface area contributed by atoms with Gasteiger partial charge in [-0.25, -0.2) is 8.42 Å². The van der Waals surface area contributed by atoms with Crippen LogP contribution in [0.5, 0.6) is 0 Å². The molecule has 0 aromatic carbocycles. The highest BCUT2D eigenvalue weighted by molar-refractivity contribution is 7.91.